The topological polar surface area (TPSA) is 97.0 Å². The van der Waals surface area contributed by atoms with Crippen LogP contribution in [0.3, 0.4) is 0 Å². The average molecular weight is 449 g/mol. The lowest BCUT2D eigenvalue weighted by Gasteiger charge is -2.07. The monoisotopic (exact) mass is 448 g/mol. The quantitative estimate of drug-likeness (QED) is 0.330. The first-order valence-corrected chi connectivity index (χ1v) is 12.0. The van der Waals surface area contributed by atoms with Crippen LogP contribution in [0.25, 0.3) is 10.7 Å². The number of H-pyrrole nitrogens is 1. The molecule has 2 N–H and O–H groups in total. The fraction of sp³-hybridized carbons (Fsp3) is 0.368. The predicted molar refractivity (Wildman–Crippen MR) is 116 cm³/mol. The number of carbonyl (C=O) groups is 2. The molecule has 29 heavy (non-hydrogen) atoms. The molecule has 3 aromatic rings. The Kier molecular flexibility index (Phi) is 6.31. The van der Waals surface area contributed by atoms with Gasteiger partial charge in [-0.25, -0.2) is 9.78 Å². The zero-order valence-corrected chi connectivity index (χ0v) is 18.3. The second-order valence-corrected chi connectivity index (χ2v) is 9.54. The second kappa shape index (κ2) is 9.10. The Morgan fingerprint density at radius 2 is 2.17 bits per heavy atom. The van der Waals surface area contributed by atoms with Crippen LogP contribution >= 0.6 is 34.4 Å². The molecule has 10 heteroatoms. The lowest BCUT2D eigenvalue weighted by atomic mass is 10.1. The molecule has 1 amide bonds. The third kappa shape index (κ3) is 4.54. The number of ether oxygens (including phenoxy) is 1. The van der Waals surface area contributed by atoms with Crippen LogP contribution in [0.5, 0.6) is 0 Å². The SMILES string of the molecule is COC(=O)c1c(NC(=O)CSc2n[nH]c(-c3cccs3)n2)sc2c1CCCCC2. The molecule has 0 radical (unpaired) electrons. The molecule has 1 aliphatic carbocycles. The van der Waals surface area contributed by atoms with E-state index in [4.69, 9.17) is 4.74 Å². The Labute approximate surface area is 180 Å². The summed E-state index contributed by atoms with van der Waals surface area (Å²) in [5.74, 6) is 0.268. The Bertz CT molecular complexity index is 1010. The minimum absolute atomic E-state index is 0.158. The molecule has 0 saturated carbocycles. The number of esters is 1. The molecule has 0 saturated heterocycles. The number of nitrogens with zero attached hydrogens (tertiary/aromatic N) is 2. The van der Waals surface area contributed by atoms with Gasteiger partial charge >= 0.3 is 5.97 Å². The van der Waals surface area contributed by atoms with Crippen LogP contribution < -0.4 is 5.32 Å². The summed E-state index contributed by atoms with van der Waals surface area (Å²) >= 11 is 4.32. The molecular weight excluding hydrogens is 428 g/mol. The van der Waals surface area contributed by atoms with E-state index in [9.17, 15) is 9.59 Å². The van der Waals surface area contributed by atoms with Gasteiger partial charge in [-0.05, 0) is 42.7 Å². The van der Waals surface area contributed by atoms with Gasteiger partial charge in [0.1, 0.15) is 5.00 Å². The number of hydrogen-bond donors (Lipinski definition) is 2. The van der Waals surface area contributed by atoms with E-state index < -0.39 is 0 Å². The fourth-order valence-corrected chi connectivity index (χ4v) is 5.83. The van der Waals surface area contributed by atoms with Crippen molar-refractivity contribution in [2.24, 2.45) is 0 Å². The molecule has 1 aliphatic rings. The summed E-state index contributed by atoms with van der Waals surface area (Å²) in [4.78, 5) is 31.5. The number of rotatable bonds is 6. The van der Waals surface area contributed by atoms with Crippen molar-refractivity contribution in [3.63, 3.8) is 0 Å². The van der Waals surface area contributed by atoms with Crippen molar-refractivity contribution >= 4 is 51.3 Å². The van der Waals surface area contributed by atoms with Crippen molar-refractivity contribution in [3.05, 3.63) is 33.5 Å². The Morgan fingerprint density at radius 1 is 1.31 bits per heavy atom. The number of fused-ring (bicyclic) bond motifs is 1. The highest BCUT2D eigenvalue weighted by atomic mass is 32.2. The lowest BCUT2D eigenvalue weighted by Crippen LogP contribution is -2.16. The van der Waals surface area contributed by atoms with Crippen LogP contribution in [0.15, 0.2) is 22.7 Å². The second-order valence-electron chi connectivity index (χ2n) is 6.54. The van der Waals surface area contributed by atoms with Crippen molar-refractivity contribution in [2.75, 3.05) is 18.2 Å². The standard InChI is InChI=1S/C19H20N4O3S3/c1-26-18(25)15-11-6-3-2-4-7-12(11)29-17(15)20-14(24)10-28-19-21-16(22-23-19)13-8-5-9-27-13/h5,8-9H,2-4,6-7,10H2,1H3,(H,20,24)(H,21,22,23). The van der Waals surface area contributed by atoms with Gasteiger partial charge in [0.05, 0.1) is 23.3 Å². The molecule has 4 rings (SSSR count). The zero-order valence-electron chi connectivity index (χ0n) is 15.8. The number of methoxy groups -OCH3 is 1. The highest BCUT2D eigenvalue weighted by molar-refractivity contribution is 7.99. The third-order valence-electron chi connectivity index (χ3n) is 4.62. The molecule has 0 unspecified atom stereocenters. The van der Waals surface area contributed by atoms with Crippen LogP contribution in [-0.4, -0.2) is 39.9 Å². The highest BCUT2D eigenvalue weighted by Gasteiger charge is 2.26. The van der Waals surface area contributed by atoms with Crippen molar-refractivity contribution in [1.82, 2.24) is 15.2 Å². The van der Waals surface area contributed by atoms with Crippen molar-refractivity contribution in [1.29, 1.82) is 0 Å². The first kappa shape index (κ1) is 20.1. The maximum atomic E-state index is 12.5. The molecule has 3 heterocycles. The molecule has 0 aromatic carbocycles. The van der Waals surface area contributed by atoms with Gasteiger partial charge in [0.15, 0.2) is 5.82 Å². The molecule has 0 aliphatic heterocycles. The van der Waals surface area contributed by atoms with Gasteiger partial charge in [-0.2, -0.15) is 0 Å². The predicted octanol–water partition coefficient (Wildman–Crippen LogP) is 4.38. The van der Waals surface area contributed by atoms with Crippen LogP contribution in [0.1, 0.15) is 40.1 Å². The van der Waals surface area contributed by atoms with E-state index in [0.29, 0.717) is 21.5 Å². The molecule has 7 nitrogen and oxygen atoms in total. The van der Waals surface area contributed by atoms with Crippen LogP contribution in [0.2, 0.25) is 0 Å². The minimum Gasteiger partial charge on any atom is -0.465 e. The van der Waals surface area contributed by atoms with E-state index in [1.165, 1.54) is 35.1 Å². The summed E-state index contributed by atoms with van der Waals surface area (Å²) in [7, 11) is 1.37. The van der Waals surface area contributed by atoms with Crippen molar-refractivity contribution < 1.29 is 14.3 Å². The Morgan fingerprint density at radius 3 is 2.97 bits per heavy atom. The molecule has 152 valence electrons. The number of aromatic amines is 1. The maximum Gasteiger partial charge on any atom is 0.341 e. The number of hydrogen-bond acceptors (Lipinski definition) is 8. The van der Waals surface area contributed by atoms with Crippen LogP contribution in [-0.2, 0) is 22.4 Å². The number of aryl methyl sites for hydroxylation is 1. The van der Waals surface area contributed by atoms with Gasteiger partial charge in [0.25, 0.3) is 0 Å². The smallest absolute Gasteiger partial charge is 0.341 e. The first-order chi connectivity index (χ1) is 14.2. The van der Waals surface area contributed by atoms with Crippen LogP contribution in [0, 0.1) is 0 Å². The van der Waals surface area contributed by atoms with E-state index in [0.717, 1.165) is 42.5 Å². The van der Waals surface area contributed by atoms with E-state index >= 15 is 0 Å². The molecule has 0 bridgehead atoms. The molecule has 0 atom stereocenters. The number of amides is 1. The summed E-state index contributed by atoms with van der Waals surface area (Å²) in [6.45, 7) is 0. The molecule has 0 spiro atoms. The number of carbonyl (C=O) groups excluding carboxylic acids is 2. The largest absolute Gasteiger partial charge is 0.465 e. The lowest BCUT2D eigenvalue weighted by molar-refractivity contribution is -0.113. The van der Waals surface area contributed by atoms with Gasteiger partial charge in [0.2, 0.25) is 11.1 Å². The normalized spacial score (nSPS) is 13.6. The van der Waals surface area contributed by atoms with E-state index in [-0.39, 0.29) is 17.6 Å². The zero-order chi connectivity index (χ0) is 20.2. The first-order valence-electron chi connectivity index (χ1n) is 9.27. The maximum absolute atomic E-state index is 12.5. The molecular formula is C19H20N4O3S3. The summed E-state index contributed by atoms with van der Waals surface area (Å²) in [6, 6.07) is 3.91. The number of thiophene rings is 2. The fourth-order valence-electron chi connectivity index (χ4n) is 3.28. The summed E-state index contributed by atoms with van der Waals surface area (Å²) in [5.41, 5.74) is 1.56. The van der Waals surface area contributed by atoms with Gasteiger partial charge in [-0.1, -0.05) is 24.2 Å². The number of thioether (sulfide) groups is 1. The van der Waals surface area contributed by atoms with Gasteiger partial charge in [0, 0.05) is 4.88 Å². The van der Waals surface area contributed by atoms with Crippen molar-refractivity contribution in [3.8, 4) is 10.7 Å². The molecule has 3 aromatic heterocycles. The summed E-state index contributed by atoms with van der Waals surface area (Å²) in [6.07, 6.45) is 5.11. The van der Waals surface area contributed by atoms with Gasteiger partial charge < -0.3 is 10.1 Å². The van der Waals surface area contributed by atoms with E-state index in [2.05, 4.69) is 20.5 Å². The highest BCUT2D eigenvalue weighted by Crippen LogP contribution is 2.38. The Balaban J connectivity index is 1.44. The number of aromatic nitrogens is 3. The third-order valence-corrected chi connectivity index (χ3v) is 7.55. The Hall–Kier alpha value is -2.17. The minimum atomic E-state index is -0.387. The van der Waals surface area contributed by atoms with E-state index in [1.54, 1.807) is 11.3 Å². The number of nitrogens with one attached hydrogen (secondary N) is 2. The summed E-state index contributed by atoms with van der Waals surface area (Å²) < 4.78 is 4.98. The number of anilines is 1. The van der Waals surface area contributed by atoms with Crippen LogP contribution in [0.4, 0.5) is 5.00 Å². The molecule has 0 fully saturated rings. The summed E-state index contributed by atoms with van der Waals surface area (Å²) in [5, 5.41) is 13.0. The van der Waals surface area contributed by atoms with E-state index in [1.807, 2.05) is 17.5 Å². The average Bonchev–Trinajstić information content (AvgIpc) is 3.44. The van der Waals surface area contributed by atoms with Crippen molar-refractivity contribution in [2.45, 2.75) is 37.3 Å². The van der Waals surface area contributed by atoms with Gasteiger partial charge in [-0.15, -0.1) is 27.8 Å². The van der Waals surface area contributed by atoms with Gasteiger partial charge in [-0.3, -0.25) is 9.89 Å².